The third-order valence-corrected chi connectivity index (χ3v) is 6.72. The van der Waals surface area contributed by atoms with Gasteiger partial charge in [0.1, 0.15) is 18.5 Å². The normalized spacial score (nSPS) is 16.7. The van der Waals surface area contributed by atoms with Crippen molar-refractivity contribution in [1.29, 1.82) is 0 Å². The Kier molecular flexibility index (Phi) is 7.75. The highest BCUT2D eigenvalue weighted by Crippen LogP contribution is 2.50. The van der Waals surface area contributed by atoms with E-state index >= 15 is 0 Å². The Morgan fingerprint density at radius 3 is 2.44 bits per heavy atom. The third kappa shape index (κ3) is 5.63. The molecule has 2 N–H and O–H groups in total. The monoisotopic (exact) mass is 464 g/mol. The van der Waals surface area contributed by atoms with Crippen LogP contribution in [0.3, 0.4) is 0 Å². The van der Waals surface area contributed by atoms with Gasteiger partial charge in [0.25, 0.3) is 0 Å². The Bertz CT molecular complexity index is 1120. The summed E-state index contributed by atoms with van der Waals surface area (Å²) in [5, 5.41) is 20.2. The van der Waals surface area contributed by atoms with Gasteiger partial charge in [-0.2, -0.15) is 0 Å². The molecule has 3 rings (SSSR count). The van der Waals surface area contributed by atoms with Gasteiger partial charge in [-0.15, -0.1) is 0 Å². The van der Waals surface area contributed by atoms with Crippen LogP contribution in [0.5, 0.6) is 5.75 Å². The van der Waals surface area contributed by atoms with Crippen LogP contribution in [-0.2, 0) is 15.6 Å². The molecule has 0 spiro atoms. The Labute approximate surface area is 203 Å². The molecule has 0 saturated carbocycles. The standard InChI is InChI=1S/C29H36O5/c1-7-33-14-15-34-25-18-21(17-23-26(25)29(5,6)13-12-28(23,3)4)24(30)11-9-20-8-10-22(27(31)32)19(2)16-20/h8,10,16-18,24,30H,7,12-15H2,1-6H3,(H,31,32). The average Bonchev–Trinajstić information content (AvgIpc) is 2.77. The molecule has 1 unspecified atom stereocenters. The Morgan fingerprint density at radius 2 is 1.79 bits per heavy atom. The second-order valence-electron chi connectivity index (χ2n) is 10.3. The van der Waals surface area contributed by atoms with Gasteiger partial charge in [-0.3, -0.25) is 0 Å². The van der Waals surface area contributed by atoms with E-state index in [4.69, 9.17) is 9.47 Å². The Balaban J connectivity index is 1.99. The number of aliphatic hydroxyl groups excluding tert-OH is 1. The van der Waals surface area contributed by atoms with Crippen molar-refractivity contribution in [2.45, 2.75) is 71.3 Å². The average molecular weight is 465 g/mol. The van der Waals surface area contributed by atoms with Crippen molar-refractivity contribution in [2.75, 3.05) is 19.8 Å². The van der Waals surface area contributed by atoms with Gasteiger partial charge in [0.05, 0.1) is 12.2 Å². The number of carboxylic acids is 1. The van der Waals surface area contributed by atoms with Crippen molar-refractivity contribution < 1.29 is 24.5 Å². The molecule has 5 nitrogen and oxygen atoms in total. The lowest BCUT2D eigenvalue weighted by atomic mass is 9.62. The van der Waals surface area contributed by atoms with Crippen LogP contribution < -0.4 is 4.74 Å². The minimum absolute atomic E-state index is 0.0373. The lowest BCUT2D eigenvalue weighted by Crippen LogP contribution is -2.34. The van der Waals surface area contributed by atoms with Gasteiger partial charge in [0.15, 0.2) is 0 Å². The minimum Gasteiger partial charge on any atom is -0.491 e. The predicted molar refractivity (Wildman–Crippen MR) is 134 cm³/mol. The van der Waals surface area contributed by atoms with Gasteiger partial charge in [-0.25, -0.2) is 4.79 Å². The van der Waals surface area contributed by atoms with Crippen molar-refractivity contribution in [1.82, 2.24) is 0 Å². The van der Waals surface area contributed by atoms with Crippen molar-refractivity contribution in [3.8, 4) is 17.6 Å². The van der Waals surface area contributed by atoms with Crippen LogP contribution in [0.4, 0.5) is 0 Å². The fourth-order valence-corrected chi connectivity index (χ4v) is 4.60. The molecule has 34 heavy (non-hydrogen) atoms. The molecular weight excluding hydrogens is 428 g/mol. The zero-order valence-electron chi connectivity index (χ0n) is 21.1. The van der Waals surface area contributed by atoms with E-state index in [0.717, 1.165) is 18.6 Å². The van der Waals surface area contributed by atoms with E-state index < -0.39 is 12.1 Å². The lowest BCUT2D eigenvalue weighted by Gasteiger charge is -2.43. The molecule has 0 amide bonds. The van der Waals surface area contributed by atoms with Gasteiger partial charge < -0.3 is 19.7 Å². The van der Waals surface area contributed by atoms with Gasteiger partial charge in [0, 0.05) is 17.7 Å². The molecule has 5 heteroatoms. The molecule has 182 valence electrons. The van der Waals surface area contributed by atoms with Crippen LogP contribution in [0.2, 0.25) is 0 Å². The highest BCUT2D eigenvalue weighted by atomic mass is 16.5. The van der Waals surface area contributed by atoms with Crippen LogP contribution in [0, 0.1) is 18.8 Å². The zero-order valence-corrected chi connectivity index (χ0v) is 21.1. The molecule has 1 atom stereocenters. The summed E-state index contributed by atoms with van der Waals surface area (Å²) in [6, 6.07) is 8.92. The minimum atomic E-state index is -1.00. The topological polar surface area (TPSA) is 76.0 Å². The Hall–Kier alpha value is -2.81. The SMILES string of the molecule is CCOCCOc1cc(C(O)C#Cc2ccc(C(=O)O)c(C)c2)cc2c1C(C)(C)CCC2(C)C. The number of hydrogen-bond acceptors (Lipinski definition) is 4. The molecule has 2 aromatic carbocycles. The van der Waals surface area contributed by atoms with Crippen molar-refractivity contribution >= 4 is 5.97 Å². The molecule has 0 aromatic heterocycles. The maximum atomic E-state index is 11.2. The summed E-state index contributed by atoms with van der Waals surface area (Å²) < 4.78 is 11.7. The fraction of sp³-hybridized carbons (Fsp3) is 0.483. The van der Waals surface area contributed by atoms with Gasteiger partial charge in [-0.05, 0) is 78.5 Å². The molecule has 0 saturated heterocycles. The number of hydrogen-bond donors (Lipinski definition) is 2. The van der Waals surface area contributed by atoms with E-state index in [1.165, 1.54) is 11.1 Å². The Morgan fingerprint density at radius 1 is 1.09 bits per heavy atom. The molecule has 2 aromatic rings. The largest absolute Gasteiger partial charge is 0.491 e. The van der Waals surface area contributed by atoms with E-state index in [-0.39, 0.29) is 16.4 Å². The molecule has 0 heterocycles. The molecule has 0 fully saturated rings. The molecule has 0 radical (unpaired) electrons. The van der Waals surface area contributed by atoms with Gasteiger partial charge in [0.2, 0.25) is 0 Å². The van der Waals surface area contributed by atoms with Crippen LogP contribution in [0.15, 0.2) is 30.3 Å². The van der Waals surface area contributed by atoms with E-state index in [1.54, 1.807) is 25.1 Å². The maximum absolute atomic E-state index is 11.2. The van der Waals surface area contributed by atoms with Crippen molar-refractivity contribution in [2.24, 2.45) is 0 Å². The highest BCUT2D eigenvalue weighted by Gasteiger charge is 2.40. The second kappa shape index (κ2) is 10.2. The van der Waals surface area contributed by atoms with E-state index in [0.29, 0.717) is 36.5 Å². The summed E-state index contributed by atoms with van der Waals surface area (Å²) in [5.41, 5.74) is 4.55. The van der Waals surface area contributed by atoms with Gasteiger partial charge >= 0.3 is 5.97 Å². The number of aliphatic hydroxyl groups is 1. The van der Waals surface area contributed by atoms with Crippen LogP contribution in [-0.4, -0.2) is 36.0 Å². The summed E-state index contributed by atoms with van der Waals surface area (Å²) in [6.07, 6.45) is 1.11. The predicted octanol–water partition coefficient (Wildman–Crippen LogP) is 5.54. The quantitative estimate of drug-likeness (QED) is 0.415. The van der Waals surface area contributed by atoms with Crippen LogP contribution in [0.25, 0.3) is 0 Å². The van der Waals surface area contributed by atoms with Crippen LogP contribution >= 0.6 is 0 Å². The first-order chi connectivity index (χ1) is 16.0. The zero-order chi connectivity index (χ0) is 25.1. The first kappa shape index (κ1) is 25.8. The summed E-state index contributed by atoms with van der Waals surface area (Å²) in [5.74, 6) is 5.74. The third-order valence-electron chi connectivity index (χ3n) is 6.72. The lowest BCUT2D eigenvalue weighted by molar-refractivity contribution is 0.0696. The van der Waals surface area contributed by atoms with E-state index in [9.17, 15) is 15.0 Å². The van der Waals surface area contributed by atoms with Crippen molar-refractivity contribution in [3.63, 3.8) is 0 Å². The number of aryl methyl sites for hydroxylation is 1. The highest BCUT2D eigenvalue weighted by molar-refractivity contribution is 5.89. The van der Waals surface area contributed by atoms with Crippen molar-refractivity contribution in [3.05, 3.63) is 63.7 Å². The number of ether oxygens (including phenoxy) is 2. The number of aromatic carboxylic acids is 1. The molecule has 1 aliphatic carbocycles. The number of rotatable bonds is 7. The molecule has 1 aliphatic rings. The molecule has 0 bridgehead atoms. The van der Waals surface area contributed by atoms with Crippen LogP contribution in [0.1, 0.15) is 91.7 Å². The fourth-order valence-electron chi connectivity index (χ4n) is 4.60. The second-order valence-corrected chi connectivity index (χ2v) is 10.3. The number of fused-ring (bicyclic) bond motifs is 1. The van der Waals surface area contributed by atoms with Gasteiger partial charge in [-0.1, -0.05) is 45.6 Å². The summed E-state index contributed by atoms with van der Waals surface area (Å²) in [6.45, 7) is 14.3. The summed E-state index contributed by atoms with van der Waals surface area (Å²) >= 11 is 0. The number of benzene rings is 2. The van der Waals surface area contributed by atoms with E-state index in [2.05, 4.69) is 45.6 Å². The first-order valence-corrected chi connectivity index (χ1v) is 11.9. The number of carbonyl (C=O) groups is 1. The molecular formula is C29H36O5. The summed E-state index contributed by atoms with van der Waals surface area (Å²) in [4.78, 5) is 11.2. The molecule has 0 aliphatic heterocycles. The first-order valence-electron chi connectivity index (χ1n) is 11.9. The maximum Gasteiger partial charge on any atom is 0.335 e. The van der Waals surface area contributed by atoms with E-state index in [1.807, 2.05) is 13.0 Å². The summed E-state index contributed by atoms with van der Waals surface area (Å²) in [7, 11) is 0. The smallest absolute Gasteiger partial charge is 0.335 e. The number of carboxylic acid groups (broad SMARTS) is 1.